The van der Waals surface area contributed by atoms with Crippen LogP contribution in [-0.4, -0.2) is 11.6 Å². The number of rotatable bonds is 0. The van der Waals surface area contributed by atoms with Crippen LogP contribution in [0.25, 0.3) is 11.1 Å². The molecule has 2 aromatic rings. The Balaban J connectivity index is 0.000000452. The molecule has 3 heteroatoms. The van der Waals surface area contributed by atoms with E-state index in [9.17, 15) is 4.39 Å². The van der Waals surface area contributed by atoms with E-state index in [1.54, 1.807) is 6.92 Å². The Hall–Kier alpha value is -2.16. The van der Waals surface area contributed by atoms with Crippen LogP contribution in [0.5, 0.6) is 0 Å². The number of hydrogen-bond donors (Lipinski definition) is 1. The summed E-state index contributed by atoms with van der Waals surface area (Å²) >= 11 is 0. The summed E-state index contributed by atoms with van der Waals surface area (Å²) in [7, 11) is 0. The topological polar surface area (TPSA) is 37.3 Å². The van der Waals surface area contributed by atoms with Crippen LogP contribution in [0.4, 0.5) is 4.39 Å². The minimum Gasteiger partial charge on any atom is -0.483 e. The van der Waals surface area contributed by atoms with Gasteiger partial charge in [0.05, 0.1) is 0 Å². The van der Waals surface area contributed by atoms with Crippen molar-refractivity contribution in [3.63, 3.8) is 0 Å². The van der Waals surface area contributed by atoms with Gasteiger partial charge < -0.3 is 5.11 Å². The molecular formula is C17H17FO2. The maximum absolute atomic E-state index is 14.9. The summed E-state index contributed by atoms with van der Waals surface area (Å²) in [5.41, 5.74) is 4.61. The molecule has 0 radical (unpaired) electrons. The molecule has 20 heavy (non-hydrogen) atoms. The molecule has 0 fully saturated rings. The predicted octanol–water partition coefficient (Wildman–Crippen LogP) is 4.22. The first kappa shape index (κ1) is 14.3. The lowest BCUT2D eigenvalue weighted by Crippen LogP contribution is -2.12. The highest BCUT2D eigenvalue weighted by atomic mass is 19.1. The normalized spacial score (nSPS) is 18.6. The molecular weight excluding hydrogens is 255 g/mol. The van der Waals surface area contributed by atoms with Crippen LogP contribution >= 0.6 is 0 Å². The molecule has 0 spiro atoms. The van der Waals surface area contributed by atoms with Gasteiger partial charge in [-0.25, -0.2) is 4.39 Å². The fraction of sp³-hybridized carbons (Fsp3) is 0.235. The van der Waals surface area contributed by atoms with Gasteiger partial charge in [-0.2, -0.15) is 0 Å². The number of benzene rings is 2. The molecule has 0 heterocycles. The summed E-state index contributed by atoms with van der Waals surface area (Å²) in [6.07, 6.45) is 0. The van der Waals surface area contributed by atoms with Crippen molar-refractivity contribution in [2.75, 3.05) is 0 Å². The first-order valence-corrected chi connectivity index (χ1v) is 6.41. The Labute approximate surface area is 117 Å². The van der Waals surface area contributed by atoms with Crippen molar-refractivity contribution in [3.05, 3.63) is 58.7 Å². The number of hydrogen-bond acceptors (Lipinski definition) is 1. The van der Waals surface area contributed by atoms with Gasteiger partial charge in [-0.15, -0.1) is 0 Å². The molecule has 0 saturated heterocycles. The Bertz CT molecular complexity index is 660. The van der Waals surface area contributed by atoms with Crippen molar-refractivity contribution >= 4 is 6.47 Å². The van der Waals surface area contributed by atoms with Gasteiger partial charge in [-0.05, 0) is 31.9 Å². The van der Waals surface area contributed by atoms with Crippen LogP contribution in [0.2, 0.25) is 0 Å². The molecule has 0 amide bonds. The maximum atomic E-state index is 14.9. The van der Waals surface area contributed by atoms with E-state index >= 15 is 0 Å². The van der Waals surface area contributed by atoms with Gasteiger partial charge in [0.1, 0.15) is 0 Å². The molecule has 2 aromatic carbocycles. The van der Waals surface area contributed by atoms with Crippen molar-refractivity contribution in [2.24, 2.45) is 0 Å². The molecule has 104 valence electrons. The zero-order valence-corrected chi connectivity index (χ0v) is 11.8. The van der Waals surface area contributed by atoms with Gasteiger partial charge in [-0.3, -0.25) is 4.79 Å². The first-order chi connectivity index (χ1) is 9.41. The van der Waals surface area contributed by atoms with Gasteiger partial charge in [0.25, 0.3) is 6.47 Å². The summed E-state index contributed by atoms with van der Waals surface area (Å²) in [4.78, 5) is 8.36. The van der Waals surface area contributed by atoms with Crippen LogP contribution < -0.4 is 0 Å². The van der Waals surface area contributed by atoms with Crippen LogP contribution in [0.15, 0.2) is 36.4 Å². The van der Waals surface area contributed by atoms with Gasteiger partial charge in [-0.1, -0.05) is 47.5 Å². The van der Waals surface area contributed by atoms with Crippen LogP contribution in [-0.2, 0) is 10.5 Å². The first-order valence-electron chi connectivity index (χ1n) is 6.41. The summed E-state index contributed by atoms with van der Waals surface area (Å²) in [6, 6.07) is 12.0. The molecule has 1 N–H and O–H groups in total. The van der Waals surface area contributed by atoms with Crippen molar-refractivity contribution in [2.45, 2.75) is 26.4 Å². The second-order valence-electron chi connectivity index (χ2n) is 5.21. The standard InChI is InChI=1S/C16H15F.CH2O2/c1-10-5-7-14-13(8-10)12-6-4-11(2)9-15(12)16(14,3)17;2-1-3/h4-9H,1-3H3;1H,(H,2,3). The van der Waals surface area contributed by atoms with Crippen molar-refractivity contribution < 1.29 is 14.3 Å². The van der Waals surface area contributed by atoms with Gasteiger partial charge in [0.2, 0.25) is 0 Å². The number of carbonyl (C=O) groups is 1. The van der Waals surface area contributed by atoms with E-state index < -0.39 is 5.67 Å². The summed E-state index contributed by atoms with van der Waals surface area (Å²) in [5.74, 6) is 0. The summed E-state index contributed by atoms with van der Waals surface area (Å²) in [5, 5.41) is 6.89. The van der Waals surface area contributed by atoms with Gasteiger partial charge in [0.15, 0.2) is 5.67 Å². The molecule has 1 aliphatic carbocycles. The minimum absolute atomic E-state index is 0.250. The average molecular weight is 272 g/mol. The van der Waals surface area contributed by atoms with Crippen molar-refractivity contribution in [1.82, 2.24) is 0 Å². The Morgan fingerprint density at radius 1 is 1.00 bits per heavy atom. The number of fused-ring (bicyclic) bond motifs is 3. The highest BCUT2D eigenvalue weighted by Crippen LogP contribution is 2.50. The molecule has 0 aliphatic heterocycles. The monoisotopic (exact) mass is 272 g/mol. The zero-order chi connectivity index (χ0) is 14.9. The van der Waals surface area contributed by atoms with Crippen LogP contribution in [0.1, 0.15) is 29.2 Å². The highest BCUT2D eigenvalue weighted by Gasteiger charge is 2.39. The van der Waals surface area contributed by atoms with Crippen LogP contribution in [0.3, 0.4) is 0 Å². The highest BCUT2D eigenvalue weighted by molar-refractivity contribution is 5.80. The number of aryl methyl sites for hydroxylation is 2. The van der Waals surface area contributed by atoms with E-state index in [0.717, 1.165) is 27.8 Å². The third-order valence-electron chi connectivity index (χ3n) is 3.65. The summed E-state index contributed by atoms with van der Waals surface area (Å²) in [6.45, 7) is 5.46. The van der Waals surface area contributed by atoms with Crippen LogP contribution in [0, 0.1) is 13.8 Å². The smallest absolute Gasteiger partial charge is 0.290 e. The van der Waals surface area contributed by atoms with E-state index in [2.05, 4.69) is 6.07 Å². The van der Waals surface area contributed by atoms with E-state index in [0.29, 0.717) is 0 Å². The third-order valence-corrected chi connectivity index (χ3v) is 3.65. The Morgan fingerprint density at radius 3 is 2.20 bits per heavy atom. The largest absolute Gasteiger partial charge is 0.483 e. The molecule has 3 rings (SSSR count). The maximum Gasteiger partial charge on any atom is 0.290 e. The van der Waals surface area contributed by atoms with Gasteiger partial charge >= 0.3 is 0 Å². The molecule has 0 saturated carbocycles. The van der Waals surface area contributed by atoms with E-state index in [4.69, 9.17) is 9.90 Å². The zero-order valence-electron chi connectivity index (χ0n) is 11.8. The lowest BCUT2D eigenvalue weighted by Gasteiger charge is -2.17. The lowest BCUT2D eigenvalue weighted by atomic mass is 9.94. The minimum atomic E-state index is -1.36. The fourth-order valence-electron chi connectivity index (χ4n) is 2.72. The quantitative estimate of drug-likeness (QED) is 0.729. The molecule has 0 bridgehead atoms. The Kier molecular flexibility index (Phi) is 3.62. The van der Waals surface area contributed by atoms with E-state index in [-0.39, 0.29) is 6.47 Å². The van der Waals surface area contributed by atoms with Crippen molar-refractivity contribution in [3.8, 4) is 11.1 Å². The number of halogens is 1. The second-order valence-corrected chi connectivity index (χ2v) is 5.21. The molecule has 2 nitrogen and oxygen atoms in total. The summed E-state index contributed by atoms with van der Waals surface area (Å²) < 4.78 is 14.9. The molecule has 0 aromatic heterocycles. The lowest BCUT2D eigenvalue weighted by molar-refractivity contribution is -0.122. The average Bonchev–Trinajstić information content (AvgIpc) is 2.59. The van der Waals surface area contributed by atoms with E-state index in [1.165, 1.54) is 5.56 Å². The van der Waals surface area contributed by atoms with Crippen molar-refractivity contribution in [1.29, 1.82) is 0 Å². The fourth-order valence-corrected chi connectivity index (χ4v) is 2.72. The second kappa shape index (κ2) is 5.08. The molecule has 1 atom stereocenters. The third kappa shape index (κ3) is 2.20. The van der Waals surface area contributed by atoms with E-state index in [1.807, 2.05) is 44.2 Å². The Morgan fingerprint density at radius 2 is 1.55 bits per heavy atom. The molecule has 1 aliphatic rings. The predicted molar refractivity (Wildman–Crippen MR) is 77.6 cm³/mol. The molecule has 1 unspecified atom stereocenters. The number of carboxylic acid groups (broad SMARTS) is 1. The number of alkyl halides is 1. The SMILES string of the molecule is Cc1ccc2c(c1)-c1ccc(C)cc1C2(C)F.O=CO. The van der Waals surface area contributed by atoms with Gasteiger partial charge in [0, 0.05) is 11.1 Å².